The van der Waals surface area contributed by atoms with E-state index >= 15 is 0 Å². The van der Waals surface area contributed by atoms with Gasteiger partial charge in [0.2, 0.25) is 5.91 Å². The van der Waals surface area contributed by atoms with Crippen LogP contribution >= 0.6 is 11.3 Å². The van der Waals surface area contributed by atoms with E-state index in [2.05, 4.69) is 30.1 Å². The number of aromatic nitrogens is 1. The van der Waals surface area contributed by atoms with Gasteiger partial charge in [-0.1, -0.05) is 47.0 Å². The Hall–Kier alpha value is -2.58. The average Bonchev–Trinajstić information content (AvgIpc) is 3.37. The van der Waals surface area contributed by atoms with E-state index in [0.717, 1.165) is 54.8 Å². The number of amides is 1. The number of carbonyl (C=O) groups excluding carboxylic acids is 2. The van der Waals surface area contributed by atoms with Crippen LogP contribution in [0.2, 0.25) is 0 Å². The zero-order valence-corrected chi connectivity index (χ0v) is 29.4. The molecule has 1 amide bonds. The Balaban J connectivity index is 0.00000151. The first kappa shape index (κ1) is 42.4. The molecule has 2 rings (SSSR count). The van der Waals surface area contributed by atoms with Crippen molar-refractivity contribution < 1.29 is 29.7 Å². The molecule has 6 N–H and O–H groups in total. The second-order valence-electron chi connectivity index (χ2n) is 13.3. The fraction of sp³-hybridized carbons (Fsp3) is 0.714. The zero-order valence-electron chi connectivity index (χ0n) is 28.6. The maximum Gasteiger partial charge on any atom is 0.303 e. The Morgan fingerprint density at radius 3 is 2.36 bits per heavy atom. The predicted octanol–water partition coefficient (Wildman–Crippen LogP) is 5.90. The number of nitrogens with two attached hydrogens (primary N) is 1. The van der Waals surface area contributed by atoms with Crippen LogP contribution < -0.4 is 11.1 Å². The average molecular weight is 650 g/mol. The number of aliphatic hydroxyl groups excluding tert-OH is 1. The molecule has 9 nitrogen and oxygen atoms in total. The quantitative estimate of drug-likeness (QED) is 0.180. The zero-order chi connectivity index (χ0) is 34.8. The lowest BCUT2D eigenvalue weighted by Crippen LogP contribution is -2.45. The molecular formula is C35H59N3O6S. The van der Waals surface area contributed by atoms with Crippen molar-refractivity contribution in [2.45, 2.75) is 137 Å². The maximum absolute atomic E-state index is 13.2. The minimum Gasteiger partial charge on any atom is -0.481 e. The lowest BCUT2D eigenvalue weighted by molar-refractivity contribution is -0.140. The van der Waals surface area contributed by atoms with Crippen LogP contribution in [0.4, 0.5) is 0 Å². The molecule has 1 aliphatic rings. The van der Waals surface area contributed by atoms with Crippen LogP contribution in [0.3, 0.4) is 0 Å². The van der Waals surface area contributed by atoms with Crippen LogP contribution in [0.5, 0.6) is 0 Å². The van der Waals surface area contributed by atoms with Gasteiger partial charge in [0.25, 0.3) is 0 Å². The van der Waals surface area contributed by atoms with Crippen molar-refractivity contribution in [2.75, 3.05) is 6.54 Å². The van der Waals surface area contributed by atoms with Gasteiger partial charge in [-0.05, 0) is 83.4 Å². The largest absolute Gasteiger partial charge is 0.481 e. The summed E-state index contributed by atoms with van der Waals surface area (Å²) in [6.45, 7) is 14.0. The predicted molar refractivity (Wildman–Crippen MR) is 184 cm³/mol. The van der Waals surface area contributed by atoms with Gasteiger partial charge in [-0.15, -0.1) is 24.2 Å². The SMILES string of the molecule is C#C.C/C(=C\c1csc(C)n1)[C@@H]1CC[C@](C)(O)CCC[C@H](C)C[C@@H](C)C(=O)C(C)(C)[C@@H](O)CC(=O)N1.NCCCCCC(=O)O. The van der Waals surface area contributed by atoms with Crippen LogP contribution in [0.15, 0.2) is 11.0 Å². The lowest BCUT2D eigenvalue weighted by atomic mass is 9.73. The number of Topliss-reactive ketones (excluding diaryl/α,β-unsaturated/α-hetero) is 1. The van der Waals surface area contributed by atoms with E-state index in [-0.39, 0.29) is 36.5 Å². The molecule has 0 aliphatic carbocycles. The van der Waals surface area contributed by atoms with Gasteiger partial charge in [0.05, 0.1) is 40.3 Å². The number of hydrogen-bond acceptors (Lipinski definition) is 8. The number of rotatable bonds is 7. The van der Waals surface area contributed by atoms with Crippen LogP contribution in [0, 0.1) is 37.0 Å². The van der Waals surface area contributed by atoms with Gasteiger partial charge < -0.3 is 26.4 Å². The van der Waals surface area contributed by atoms with E-state index in [1.54, 1.807) is 25.2 Å². The first-order valence-electron chi connectivity index (χ1n) is 16.1. The molecule has 10 heteroatoms. The molecule has 0 saturated carbocycles. The number of carbonyl (C=O) groups is 3. The molecule has 1 fully saturated rings. The molecule has 0 aromatic carbocycles. The standard InChI is InChI=1S/C27H44N2O4S.C6H13NO2.C2H2/c1-17-9-8-11-27(7,33)12-10-22(18(2)14-21-16-34-20(4)28-21)29-24(31)15-23(30)26(5,6)25(32)19(3)13-17;7-5-3-1-2-4-6(8)9;1-2/h14,16-17,19,22-23,30,33H,8-13,15H2,1-7H3,(H,29,31);1-5,7H2,(H,8,9);1-2H/b18-14+;;/t17-,19+,22-,23-,27+;;/m0../s1. The second kappa shape index (κ2) is 21.3. The topological polar surface area (TPSA) is 163 Å². The molecule has 1 aliphatic heterocycles. The Bertz CT molecular complexity index is 1090. The number of carboxylic acids is 1. The van der Waals surface area contributed by atoms with Crippen molar-refractivity contribution in [3.63, 3.8) is 0 Å². The second-order valence-corrected chi connectivity index (χ2v) is 14.3. The summed E-state index contributed by atoms with van der Waals surface area (Å²) in [5, 5.41) is 36.1. The monoisotopic (exact) mass is 649 g/mol. The van der Waals surface area contributed by atoms with E-state index in [9.17, 15) is 24.6 Å². The van der Waals surface area contributed by atoms with Gasteiger partial charge in [-0.25, -0.2) is 4.98 Å². The van der Waals surface area contributed by atoms with Gasteiger partial charge >= 0.3 is 5.97 Å². The number of hydrogen-bond donors (Lipinski definition) is 5. The first-order chi connectivity index (χ1) is 21.0. The van der Waals surface area contributed by atoms with Crippen molar-refractivity contribution in [3.05, 3.63) is 21.7 Å². The normalized spacial score (nSPS) is 26.8. The highest BCUT2D eigenvalue weighted by atomic mass is 32.1. The molecule has 0 unspecified atom stereocenters. The van der Waals surface area contributed by atoms with Crippen LogP contribution in [0.1, 0.15) is 123 Å². The number of unbranched alkanes of at least 4 members (excludes halogenated alkanes) is 2. The van der Waals surface area contributed by atoms with E-state index in [1.165, 1.54) is 0 Å². The molecular weight excluding hydrogens is 590 g/mol. The highest BCUT2D eigenvalue weighted by Crippen LogP contribution is 2.32. The Morgan fingerprint density at radius 1 is 1.16 bits per heavy atom. The molecule has 2 heterocycles. The summed E-state index contributed by atoms with van der Waals surface area (Å²) in [6, 6.07) is -0.294. The number of thiazole rings is 1. The number of aliphatic carboxylic acids is 1. The third-order valence-corrected chi connectivity index (χ3v) is 9.22. The number of ketones is 1. The number of nitrogens with zero attached hydrogens (tertiary/aromatic N) is 1. The molecule has 1 aromatic rings. The Labute approximate surface area is 275 Å². The van der Waals surface area contributed by atoms with Crippen LogP contribution in [-0.4, -0.2) is 62.3 Å². The number of aliphatic hydroxyl groups is 2. The Morgan fingerprint density at radius 2 is 1.80 bits per heavy atom. The summed E-state index contributed by atoms with van der Waals surface area (Å²) < 4.78 is 0. The van der Waals surface area contributed by atoms with Crippen LogP contribution in [-0.2, 0) is 14.4 Å². The lowest BCUT2D eigenvalue weighted by Gasteiger charge is -2.33. The fourth-order valence-electron chi connectivity index (χ4n) is 5.51. The minimum absolute atomic E-state index is 0.00901. The third kappa shape index (κ3) is 17.1. The van der Waals surface area contributed by atoms with E-state index in [4.69, 9.17) is 10.8 Å². The first-order valence-corrected chi connectivity index (χ1v) is 17.0. The molecule has 45 heavy (non-hydrogen) atoms. The summed E-state index contributed by atoms with van der Waals surface area (Å²) in [5.74, 6) is -0.875. The number of nitrogens with one attached hydrogen (secondary N) is 1. The summed E-state index contributed by atoms with van der Waals surface area (Å²) in [4.78, 5) is 40.5. The summed E-state index contributed by atoms with van der Waals surface area (Å²) >= 11 is 1.57. The summed E-state index contributed by atoms with van der Waals surface area (Å²) in [7, 11) is 0. The molecule has 0 bridgehead atoms. The van der Waals surface area contributed by atoms with Crippen molar-refractivity contribution in [1.29, 1.82) is 0 Å². The highest BCUT2D eigenvalue weighted by Gasteiger charge is 2.39. The van der Waals surface area contributed by atoms with Gasteiger partial charge in [0.1, 0.15) is 5.78 Å². The molecule has 1 saturated heterocycles. The van der Waals surface area contributed by atoms with Gasteiger partial charge in [0, 0.05) is 17.7 Å². The molecule has 1 aromatic heterocycles. The summed E-state index contributed by atoms with van der Waals surface area (Å²) in [6.07, 6.45) is 16.0. The number of aryl methyl sites for hydroxylation is 1. The van der Waals surface area contributed by atoms with Crippen molar-refractivity contribution in [3.8, 4) is 12.8 Å². The third-order valence-electron chi connectivity index (χ3n) is 8.43. The van der Waals surface area contributed by atoms with E-state index in [1.807, 2.05) is 39.2 Å². The van der Waals surface area contributed by atoms with E-state index in [0.29, 0.717) is 31.7 Å². The van der Waals surface area contributed by atoms with Crippen molar-refractivity contribution in [1.82, 2.24) is 10.3 Å². The smallest absolute Gasteiger partial charge is 0.303 e. The van der Waals surface area contributed by atoms with Gasteiger partial charge in [-0.2, -0.15) is 0 Å². The van der Waals surface area contributed by atoms with Crippen LogP contribution in [0.25, 0.3) is 6.08 Å². The number of terminal acetylenes is 1. The highest BCUT2D eigenvalue weighted by molar-refractivity contribution is 7.09. The molecule has 0 radical (unpaired) electrons. The molecule has 5 atom stereocenters. The van der Waals surface area contributed by atoms with Gasteiger partial charge in [-0.3, -0.25) is 14.4 Å². The Kier molecular flexibility index (Phi) is 20.0. The maximum atomic E-state index is 13.2. The van der Waals surface area contributed by atoms with Gasteiger partial charge in [0.15, 0.2) is 0 Å². The molecule has 256 valence electrons. The van der Waals surface area contributed by atoms with Crippen molar-refractivity contribution in [2.24, 2.45) is 23.0 Å². The molecule has 0 spiro atoms. The van der Waals surface area contributed by atoms with Crippen molar-refractivity contribution >= 4 is 35.1 Å². The number of carboxylic acid groups (broad SMARTS) is 1. The minimum atomic E-state index is -1.07. The van der Waals surface area contributed by atoms with E-state index < -0.39 is 23.1 Å². The summed E-state index contributed by atoms with van der Waals surface area (Å²) in [5.41, 5.74) is 5.16. The fourth-order valence-corrected chi connectivity index (χ4v) is 6.08.